The van der Waals surface area contributed by atoms with Crippen molar-refractivity contribution < 1.29 is 17.9 Å². The molecule has 20 heavy (non-hydrogen) atoms. The van der Waals surface area contributed by atoms with Crippen molar-refractivity contribution in [1.82, 2.24) is 0 Å². The van der Waals surface area contributed by atoms with Gasteiger partial charge >= 0.3 is 0 Å². The lowest BCUT2D eigenvalue weighted by molar-refractivity contribution is 0.0811. The molecule has 0 saturated carbocycles. The molecule has 0 amide bonds. The Kier molecular flexibility index (Phi) is 7.08. The Morgan fingerprint density at radius 1 is 1.30 bits per heavy atom. The van der Waals surface area contributed by atoms with Gasteiger partial charge in [-0.05, 0) is 18.1 Å². The Labute approximate surface area is 136 Å². The lowest BCUT2D eigenvalue weighted by Crippen LogP contribution is -2.11. The van der Waals surface area contributed by atoms with Gasteiger partial charge in [-0.25, -0.2) is 8.42 Å². The van der Waals surface area contributed by atoms with Gasteiger partial charge in [0.25, 0.3) is 9.05 Å². The van der Waals surface area contributed by atoms with Crippen LogP contribution in [-0.4, -0.2) is 28.2 Å². The van der Waals surface area contributed by atoms with E-state index in [0.29, 0.717) is 23.6 Å². The number of hydrogen-bond donors (Lipinski definition) is 0. The van der Waals surface area contributed by atoms with E-state index < -0.39 is 9.05 Å². The highest BCUT2D eigenvalue weighted by atomic mass is 79.9. The number of benzene rings is 1. The van der Waals surface area contributed by atoms with Crippen LogP contribution in [0.3, 0.4) is 0 Å². The minimum absolute atomic E-state index is 0.0398. The van der Waals surface area contributed by atoms with Gasteiger partial charge in [0.05, 0.1) is 11.6 Å². The summed E-state index contributed by atoms with van der Waals surface area (Å²) in [5.74, 6) is 0.461. The Hall–Kier alpha value is -0.0100. The topological polar surface area (TPSA) is 52.6 Å². The van der Waals surface area contributed by atoms with Gasteiger partial charge in [-0.1, -0.05) is 41.4 Å². The number of rotatable bonds is 7. The largest absolute Gasteiger partial charge is 0.488 e. The van der Waals surface area contributed by atoms with Crippen molar-refractivity contribution in [1.29, 1.82) is 0 Å². The monoisotopic (exact) mass is 404 g/mol. The first kappa shape index (κ1) is 18.0. The third-order valence-corrected chi connectivity index (χ3v) is 4.23. The van der Waals surface area contributed by atoms with Crippen molar-refractivity contribution in [2.45, 2.75) is 18.7 Å². The van der Waals surface area contributed by atoms with Crippen LogP contribution in [-0.2, 0) is 13.8 Å². The molecule has 1 aromatic rings. The van der Waals surface area contributed by atoms with Gasteiger partial charge in [0.1, 0.15) is 11.5 Å². The first-order valence-corrected chi connectivity index (χ1v) is 9.34. The van der Waals surface area contributed by atoms with E-state index >= 15 is 0 Å². The fourth-order valence-corrected chi connectivity index (χ4v) is 3.45. The van der Waals surface area contributed by atoms with E-state index in [1.807, 2.05) is 13.8 Å². The third kappa shape index (κ3) is 5.77. The molecule has 0 heterocycles. The SMILES string of the molecule is CC(C)COCCOc1c(Cl)cc(Br)cc1S(=O)(=O)Cl. The van der Waals surface area contributed by atoms with Crippen molar-refractivity contribution in [3.8, 4) is 5.75 Å². The van der Waals surface area contributed by atoms with Crippen molar-refractivity contribution in [2.75, 3.05) is 19.8 Å². The fraction of sp³-hybridized carbons (Fsp3) is 0.500. The predicted molar refractivity (Wildman–Crippen MR) is 83.3 cm³/mol. The molecule has 0 bridgehead atoms. The molecule has 114 valence electrons. The van der Waals surface area contributed by atoms with Crippen LogP contribution >= 0.6 is 38.2 Å². The van der Waals surface area contributed by atoms with Gasteiger partial charge in [-0.15, -0.1) is 0 Å². The minimum Gasteiger partial charge on any atom is -0.488 e. The molecule has 0 aliphatic heterocycles. The van der Waals surface area contributed by atoms with E-state index in [2.05, 4.69) is 15.9 Å². The van der Waals surface area contributed by atoms with Gasteiger partial charge in [0, 0.05) is 21.8 Å². The zero-order chi connectivity index (χ0) is 15.3. The predicted octanol–water partition coefficient (Wildman–Crippen LogP) is 4.08. The van der Waals surface area contributed by atoms with Crippen LogP contribution in [0.2, 0.25) is 5.02 Å². The molecule has 1 aromatic carbocycles. The molecule has 4 nitrogen and oxygen atoms in total. The molecule has 0 N–H and O–H groups in total. The summed E-state index contributed by atoms with van der Waals surface area (Å²) >= 11 is 9.15. The summed E-state index contributed by atoms with van der Waals surface area (Å²) in [6.07, 6.45) is 0. The van der Waals surface area contributed by atoms with Crippen LogP contribution in [0.25, 0.3) is 0 Å². The zero-order valence-electron chi connectivity index (χ0n) is 11.0. The average Bonchev–Trinajstić information content (AvgIpc) is 2.28. The Morgan fingerprint density at radius 3 is 2.50 bits per heavy atom. The summed E-state index contributed by atoms with van der Waals surface area (Å²) < 4.78 is 34.3. The summed E-state index contributed by atoms with van der Waals surface area (Å²) in [5.41, 5.74) is 0. The lowest BCUT2D eigenvalue weighted by Gasteiger charge is -2.13. The van der Waals surface area contributed by atoms with Crippen LogP contribution < -0.4 is 4.74 Å². The Bertz CT molecular complexity index is 561. The van der Waals surface area contributed by atoms with Crippen molar-refractivity contribution in [3.05, 3.63) is 21.6 Å². The van der Waals surface area contributed by atoms with Gasteiger partial charge in [0.15, 0.2) is 5.75 Å². The molecule has 0 aromatic heterocycles. The highest BCUT2D eigenvalue weighted by Gasteiger charge is 2.21. The minimum atomic E-state index is -3.94. The zero-order valence-corrected chi connectivity index (χ0v) is 14.9. The molecule has 0 fully saturated rings. The second kappa shape index (κ2) is 7.84. The maximum atomic E-state index is 11.5. The summed E-state index contributed by atoms with van der Waals surface area (Å²) in [7, 11) is 1.43. The van der Waals surface area contributed by atoms with Crippen LogP contribution in [0.5, 0.6) is 5.75 Å². The highest BCUT2D eigenvalue weighted by Crippen LogP contribution is 2.37. The van der Waals surface area contributed by atoms with Crippen LogP contribution in [0.4, 0.5) is 0 Å². The molecule has 0 atom stereocenters. The molecular formula is C12H15BrCl2O4S. The second-order valence-electron chi connectivity index (χ2n) is 4.47. The van der Waals surface area contributed by atoms with Gasteiger partial charge in [0.2, 0.25) is 0 Å². The van der Waals surface area contributed by atoms with Crippen molar-refractivity contribution in [3.63, 3.8) is 0 Å². The summed E-state index contributed by atoms with van der Waals surface area (Å²) in [4.78, 5) is -0.164. The van der Waals surface area contributed by atoms with Crippen molar-refractivity contribution >= 4 is 47.3 Å². The quantitative estimate of drug-likeness (QED) is 0.506. The van der Waals surface area contributed by atoms with E-state index in [4.69, 9.17) is 31.8 Å². The standard InChI is InChI=1S/C12H15BrCl2O4S/c1-8(2)7-18-3-4-19-12-10(14)5-9(13)6-11(12)20(15,16)17/h5-6,8H,3-4,7H2,1-2H3. The van der Waals surface area contributed by atoms with Gasteiger partial charge in [-0.3, -0.25) is 0 Å². The molecule has 0 radical (unpaired) electrons. The Balaban J connectivity index is 2.79. The van der Waals surface area contributed by atoms with E-state index in [1.165, 1.54) is 12.1 Å². The molecule has 8 heteroatoms. The maximum Gasteiger partial charge on any atom is 0.265 e. The normalized spacial score (nSPS) is 11.9. The van der Waals surface area contributed by atoms with E-state index in [9.17, 15) is 8.42 Å². The molecule has 0 aliphatic rings. The highest BCUT2D eigenvalue weighted by molar-refractivity contribution is 9.10. The number of halogens is 3. The van der Waals surface area contributed by atoms with Gasteiger partial charge < -0.3 is 9.47 Å². The van der Waals surface area contributed by atoms with Crippen LogP contribution in [0.1, 0.15) is 13.8 Å². The van der Waals surface area contributed by atoms with Crippen LogP contribution in [0, 0.1) is 5.92 Å². The molecule has 0 spiro atoms. The molecule has 1 rings (SSSR count). The van der Waals surface area contributed by atoms with E-state index in [0.717, 1.165) is 0 Å². The maximum absolute atomic E-state index is 11.5. The van der Waals surface area contributed by atoms with E-state index in [1.54, 1.807) is 0 Å². The summed E-state index contributed by atoms with van der Waals surface area (Å²) in [6.45, 7) is 5.20. The first-order chi connectivity index (χ1) is 9.21. The Morgan fingerprint density at radius 2 is 1.95 bits per heavy atom. The third-order valence-electron chi connectivity index (χ3n) is 2.16. The fourth-order valence-electron chi connectivity index (χ4n) is 1.38. The number of hydrogen-bond acceptors (Lipinski definition) is 4. The molecular weight excluding hydrogens is 391 g/mol. The molecule has 0 unspecified atom stereocenters. The van der Waals surface area contributed by atoms with E-state index in [-0.39, 0.29) is 22.3 Å². The number of ether oxygens (including phenoxy) is 2. The smallest absolute Gasteiger partial charge is 0.265 e. The summed E-state index contributed by atoms with van der Waals surface area (Å²) in [5, 5.41) is 0.169. The first-order valence-electron chi connectivity index (χ1n) is 5.86. The van der Waals surface area contributed by atoms with Gasteiger partial charge in [-0.2, -0.15) is 0 Å². The summed E-state index contributed by atoms with van der Waals surface area (Å²) in [6, 6.07) is 2.88. The lowest BCUT2D eigenvalue weighted by atomic mass is 10.2. The molecule has 0 saturated heterocycles. The second-order valence-corrected chi connectivity index (χ2v) is 8.33. The van der Waals surface area contributed by atoms with Crippen molar-refractivity contribution in [2.24, 2.45) is 5.92 Å². The molecule has 0 aliphatic carbocycles. The van der Waals surface area contributed by atoms with Crippen LogP contribution in [0.15, 0.2) is 21.5 Å². The average molecular weight is 406 g/mol.